The van der Waals surface area contributed by atoms with Crippen LogP contribution in [0.4, 0.5) is 4.39 Å². The quantitative estimate of drug-likeness (QED) is 0.608. The first-order valence-corrected chi connectivity index (χ1v) is 5.14. The lowest BCUT2D eigenvalue weighted by molar-refractivity contribution is 0.600. The van der Waals surface area contributed by atoms with Gasteiger partial charge in [0, 0.05) is 17.3 Å². The van der Waals surface area contributed by atoms with Crippen molar-refractivity contribution in [2.45, 2.75) is 6.04 Å². The van der Waals surface area contributed by atoms with Gasteiger partial charge in [-0.1, -0.05) is 0 Å². The zero-order valence-electron chi connectivity index (χ0n) is 7.72. The van der Waals surface area contributed by atoms with Crippen LogP contribution < -0.4 is 11.3 Å². The molecule has 4 nitrogen and oxygen atoms in total. The fourth-order valence-corrected chi connectivity index (χ4v) is 2.00. The van der Waals surface area contributed by atoms with Gasteiger partial charge in [-0.25, -0.2) is 9.82 Å². The van der Waals surface area contributed by atoms with Gasteiger partial charge in [0.2, 0.25) is 0 Å². The van der Waals surface area contributed by atoms with Crippen LogP contribution in [0.5, 0.6) is 0 Å². The average molecular weight is 224 g/mol. The number of aromatic nitrogens is 2. The van der Waals surface area contributed by atoms with Crippen LogP contribution in [0.1, 0.15) is 16.5 Å². The summed E-state index contributed by atoms with van der Waals surface area (Å²) in [5.74, 6) is 5.05. The lowest BCUT2D eigenvalue weighted by Gasteiger charge is -2.13. The molecule has 2 heterocycles. The van der Waals surface area contributed by atoms with E-state index in [2.05, 4.69) is 15.4 Å². The summed E-state index contributed by atoms with van der Waals surface area (Å²) < 4.78 is 13.0. The molecule has 1 atom stereocenters. The van der Waals surface area contributed by atoms with Gasteiger partial charge in [-0.3, -0.25) is 15.8 Å². The Morgan fingerprint density at radius 2 is 2.20 bits per heavy atom. The van der Waals surface area contributed by atoms with Crippen molar-refractivity contribution < 1.29 is 4.39 Å². The molecule has 0 aliphatic heterocycles. The Morgan fingerprint density at radius 3 is 2.80 bits per heavy atom. The van der Waals surface area contributed by atoms with Crippen molar-refractivity contribution in [3.05, 3.63) is 46.4 Å². The van der Waals surface area contributed by atoms with E-state index in [0.29, 0.717) is 5.56 Å². The second-order valence-electron chi connectivity index (χ2n) is 2.94. The maximum absolute atomic E-state index is 13.0. The summed E-state index contributed by atoms with van der Waals surface area (Å²) in [7, 11) is 0. The maximum Gasteiger partial charge on any atom is 0.141 e. The van der Waals surface area contributed by atoms with Gasteiger partial charge in [-0.15, -0.1) is 11.3 Å². The SMILES string of the molecule is NNC(c1cncc(F)c1)c1cncs1. The van der Waals surface area contributed by atoms with Crippen LogP contribution in [0, 0.1) is 5.82 Å². The number of hydrogen-bond donors (Lipinski definition) is 2. The lowest BCUT2D eigenvalue weighted by Crippen LogP contribution is -2.28. The van der Waals surface area contributed by atoms with Crippen molar-refractivity contribution in [2.24, 2.45) is 5.84 Å². The molecule has 0 aliphatic rings. The lowest BCUT2D eigenvalue weighted by atomic mass is 10.1. The standard InChI is InChI=1S/C9H9FN4S/c10-7-1-6(2-12-3-7)9(14-11)8-4-13-5-15-8/h1-5,9,14H,11H2. The van der Waals surface area contributed by atoms with Crippen molar-refractivity contribution in [3.63, 3.8) is 0 Å². The molecule has 15 heavy (non-hydrogen) atoms. The summed E-state index contributed by atoms with van der Waals surface area (Å²) in [4.78, 5) is 8.65. The monoisotopic (exact) mass is 224 g/mol. The summed E-state index contributed by atoms with van der Waals surface area (Å²) in [6, 6.07) is 1.14. The van der Waals surface area contributed by atoms with Crippen LogP contribution in [0.25, 0.3) is 0 Å². The van der Waals surface area contributed by atoms with E-state index in [4.69, 9.17) is 5.84 Å². The second-order valence-corrected chi connectivity index (χ2v) is 3.86. The minimum absolute atomic E-state index is 0.263. The van der Waals surface area contributed by atoms with Gasteiger partial charge < -0.3 is 0 Å². The second kappa shape index (κ2) is 4.43. The largest absolute Gasteiger partial charge is 0.271 e. The third-order valence-electron chi connectivity index (χ3n) is 1.96. The summed E-state index contributed by atoms with van der Waals surface area (Å²) in [6.45, 7) is 0. The number of nitrogens with one attached hydrogen (secondary N) is 1. The minimum Gasteiger partial charge on any atom is -0.271 e. The molecule has 0 aromatic carbocycles. The summed E-state index contributed by atoms with van der Waals surface area (Å²) in [5, 5.41) is 0. The molecule has 6 heteroatoms. The van der Waals surface area contributed by atoms with Gasteiger partial charge in [-0.05, 0) is 11.6 Å². The number of rotatable bonds is 3. The first-order valence-electron chi connectivity index (χ1n) is 4.26. The summed E-state index contributed by atoms with van der Waals surface area (Å²) >= 11 is 1.45. The molecule has 0 fully saturated rings. The van der Waals surface area contributed by atoms with Gasteiger partial charge in [0.15, 0.2) is 0 Å². The Morgan fingerprint density at radius 1 is 1.33 bits per heavy atom. The molecule has 0 amide bonds. The molecule has 78 valence electrons. The Balaban J connectivity index is 2.35. The van der Waals surface area contributed by atoms with Gasteiger partial charge >= 0.3 is 0 Å². The number of thiazole rings is 1. The van der Waals surface area contributed by atoms with E-state index in [9.17, 15) is 4.39 Å². The van der Waals surface area contributed by atoms with E-state index < -0.39 is 0 Å². The highest BCUT2D eigenvalue weighted by molar-refractivity contribution is 7.09. The molecular formula is C9H9FN4S. The third kappa shape index (κ3) is 2.17. The minimum atomic E-state index is -0.378. The Bertz CT molecular complexity index is 431. The topological polar surface area (TPSA) is 63.8 Å². The van der Waals surface area contributed by atoms with Crippen molar-refractivity contribution in [3.8, 4) is 0 Å². The molecule has 2 rings (SSSR count). The van der Waals surface area contributed by atoms with Crippen molar-refractivity contribution in [1.82, 2.24) is 15.4 Å². The Labute approximate surface area is 90.0 Å². The number of hydrogen-bond acceptors (Lipinski definition) is 5. The first-order chi connectivity index (χ1) is 7.31. The fraction of sp³-hybridized carbons (Fsp3) is 0.111. The molecule has 1 unspecified atom stereocenters. The van der Waals surface area contributed by atoms with E-state index in [1.165, 1.54) is 17.4 Å². The highest BCUT2D eigenvalue weighted by Crippen LogP contribution is 2.23. The first kappa shape index (κ1) is 10.2. The van der Waals surface area contributed by atoms with E-state index in [0.717, 1.165) is 11.1 Å². The molecule has 3 N–H and O–H groups in total. The predicted molar refractivity (Wildman–Crippen MR) is 55.5 cm³/mol. The van der Waals surface area contributed by atoms with Gasteiger partial charge in [-0.2, -0.15) is 0 Å². The molecule has 0 aliphatic carbocycles. The van der Waals surface area contributed by atoms with Crippen molar-refractivity contribution >= 4 is 11.3 Å². The average Bonchev–Trinajstić information content (AvgIpc) is 2.72. The zero-order valence-corrected chi connectivity index (χ0v) is 8.54. The fourth-order valence-electron chi connectivity index (χ4n) is 1.30. The molecule has 0 spiro atoms. The van der Waals surface area contributed by atoms with Crippen LogP contribution in [-0.2, 0) is 0 Å². The number of nitrogens with zero attached hydrogens (tertiary/aromatic N) is 2. The van der Waals surface area contributed by atoms with Gasteiger partial charge in [0.05, 0.1) is 17.7 Å². The number of nitrogens with two attached hydrogens (primary N) is 1. The molecule has 0 radical (unpaired) electrons. The molecule has 2 aromatic heterocycles. The van der Waals surface area contributed by atoms with E-state index in [1.807, 2.05) is 0 Å². The number of hydrazine groups is 1. The van der Waals surface area contributed by atoms with Crippen LogP contribution in [0.2, 0.25) is 0 Å². The summed E-state index contributed by atoms with van der Waals surface area (Å²) in [5.41, 5.74) is 4.99. The number of halogens is 1. The molecule has 0 saturated carbocycles. The van der Waals surface area contributed by atoms with E-state index >= 15 is 0 Å². The zero-order chi connectivity index (χ0) is 10.7. The van der Waals surface area contributed by atoms with Crippen molar-refractivity contribution in [2.75, 3.05) is 0 Å². The van der Waals surface area contributed by atoms with Crippen LogP contribution >= 0.6 is 11.3 Å². The predicted octanol–water partition coefficient (Wildman–Crippen LogP) is 1.23. The van der Waals surface area contributed by atoms with Crippen molar-refractivity contribution in [1.29, 1.82) is 0 Å². The maximum atomic E-state index is 13.0. The highest BCUT2D eigenvalue weighted by Gasteiger charge is 2.14. The van der Waals surface area contributed by atoms with E-state index in [-0.39, 0.29) is 11.9 Å². The highest BCUT2D eigenvalue weighted by atomic mass is 32.1. The molecule has 2 aromatic rings. The van der Waals surface area contributed by atoms with Gasteiger partial charge in [0.1, 0.15) is 5.82 Å². The van der Waals surface area contributed by atoms with E-state index in [1.54, 1.807) is 17.9 Å². The smallest absolute Gasteiger partial charge is 0.141 e. The van der Waals surface area contributed by atoms with Gasteiger partial charge in [0.25, 0.3) is 0 Å². The normalized spacial score (nSPS) is 12.7. The Hall–Kier alpha value is -1.37. The summed E-state index contributed by atoms with van der Waals surface area (Å²) in [6.07, 6.45) is 4.43. The molecule has 0 saturated heterocycles. The Kier molecular flexibility index (Phi) is 3.00. The molecular weight excluding hydrogens is 215 g/mol. The number of pyridine rings is 1. The molecule has 0 bridgehead atoms. The third-order valence-corrected chi connectivity index (χ3v) is 2.80. The van der Waals surface area contributed by atoms with Crippen LogP contribution in [0.15, 0.2) is 30.2 Å². The van der Waals surface area contributed by atoms with Crippen LogP contribution in [0.3, 0.4) is 0 Å². The van der Waals surface area contributed by atoms with Crippen LogP contribution in [-0.4, -0.2) is 9.97 Å².